The van der Waals surface area contributed by atoms with Gasteiger partial charge < -0.3 is 9.88 Å². The van der Waals surface area contributed by atoms with Crippen molar-refractivity contribution in [2.24, 2.45) is 7.05 Å². The van der Waals surface area contributed by atoms with Gasteiger partial charge in [0.1, 0.15) is 17.8 Å². The molecule has 3 rings (SSSR count). The highest BCUT2D eigenvalue weighted by molar-refractivity contribution is 6.30. The van der Waals surface area contributed by atoms with Crippen LogP contribution < -0.4 is 5.32 Å². The van der Waals surface area contributed by atoms with Gasteiger partial charge in [-0.15, -0.1) is 0 Å². The van der Waals surface area contributed by atoms with Crippen LogP contribution in [-0.4, -0.2) is 14.5 Å². The summed E-state index contributed by atoms with van der Waals surface area (Å²) in [5, 5.41) is 5.10. The van der Waals surface area contributed by atoms with Gasteiger partial charge in [-0.3, -0.25) is 0 Å². The Bertz CT molecular complexity index is 703. The molecular weight excluding hydrogens is 260 g/mol. The lowest BCUT2D eigenvalue weighted by atomic mass is 10.2. The third kappa shape index (κ3) is 2.39. The number of nitrogens with one attached hydrogen (secondary N) is 1. The molecule has 0 radical (unpaired) electrons. The highest BCUT2D eigenvalue weighted by Gasteiger charge is 2.05. The Balaban J connectivity index is 1.83. The Morgan fingerprint density at radius 3 is 2.74 bits per heavy atom. The zero-order chi connectivity index (χ0) is 13.2. The molecule has 0 saturated carbocycles. The number of aryl methyl sites for hydroxylation is 1. The van der Waals surface area contributed by atoms with Crippen molar-refractivity contribution in [1.82, 2.24) is 14.5 Å². The van der Waals surface area contributed by atoms with E-state index in [-0.39, 0.29) is 0 Å². The van der Waals surface area contributed by atoms with E-state index < -0.39 is 0 Å². The van der Waals surface area contributed by atoms with Crippen molar-refractivity contribution in [3.8, 4) is 0 Å². The fourth-order valence-corrected chi connectivity index (χ4v) is 2.13. The van der Waals surface area contributed by atoms with Crippen molar-refractivity contribution < 1.29 is 0 Å². The molecule has 0 unspecified atom stereocenters. The fraction of sp³-hybridized carbons (Fsp3) is 0.143. The second-order valence-corrected chi connectivity index (χ2v) is 4.80. The van der Waals surface area contributed by atoms with E-state index in [4.69, 9.17) is 11.6 Å². The molecule has 0 fully saturated rings. The van der Waals surface area contributed by atoms with Gasteiger partial charge >= 0.3 is 0 Å². The fourth-order valence-electron chi connectivity index (χ4n) is 2.01. The summed E-state index contributed by atoms with van der Waals surface area (Å²) in [5.74, 6) is 0.848. The minimum Gasteiger partial charge on any atom is -0.365 e. The molecule has 0 aliphatic carbocycles. The first-order chi connectivity index (χ1) is 9.24. The molecule has 1 N–H and O–H groups in total. The molecule has 19 heavy (non-hydrogen) atoms. The van der Waals surface area contributed by atoms with Crippen molar-refractivity contribution in [2.45, 2.75) is 6.54 Å². The van der Waals surface area contributed by atoms with E-state index in [2.05, 4.69) is 15.3 Å². The van der Waals surface area contributed by atoms with Gasteiger partial charge in [0.15, 0.2) is 0 Å². The number of hydrogen-bond donors (Lipinski definition) is 1. The monoisotopic (exact) mass is 272 g/mol. The highest BCUT2D eigenvalue weighted by Crippen LogP contribution is 2.20. The largest absolute Gasteiger partial charge is 0.365 e. The van der Waals surface area contributed by atoms with E-state index in [0.29, 0.717) is 6.54 Å². The molecule has 1 aromatic carbocycles. The van der Waals surface area contributed by atoms with Crippen molar-refractivity contribution in [3.63, 3.8) is 0 Å². The minimum atomic E-state index is 0.707. The molecule has 96 valence electrons. The van der Waals surface area contributed by atoms with Crippen molar-refractivity contribution in [1.29, 1.82) is 0 Å². The topological polar surface area (TPSA) is 42.7 Å². The summed E-state index contributed by atoms with van der Waals surface area (Å²) >= 11 is 5.87. The van der Waals surface area contributed by atoms with E-state index in [9.17, 15) is 0 Å². The molecule has 3 aromatic rings. The van der Waals surface area contributed by atoms with Gasteiger partial charge in [0, 0.05) is 24.8 Å². The van der Waals surface area contributed by atoms with Crippen molar-refractivity contribution >= 4 is 28.5 Å². The zero-order valence-corrected chi connectivity index (χ0v) is 11.2. The molecule has 0 amide bonds. The first-order valence-corrected chi connectivity index (χ1v) is 6.36. The summed E-state index contributed by atoms with van der Waals surface area (Å²) in [7, 11) is 1.97. The molecule has 0 saturated heterocycles. The number of rotatable bonds is 3. The van der Waals surface area contributed by atoms with Crippen molar-refractivity contribution in [2.75, 3.05) is 5.32 Å². The van der Waals surface area contributed by atoms with Crippen LogP contribution in [0.25, 0.3) is 11.0 Å². The second kappa shape index (κ2) is 4.90. The summed E-state index contributed by atoms with van der Waals surface area (Å²) in [5.41, 5.74) is 2.08. The number of halogens is 1. The lowest BCUT2D eigenvalue weighted by Crippen LogP contribution is -2.02. The van der Waals surface area contributed by atoms with Crippen LogP contribution in [0, 0.1) is 0 Å². The Labute approximate surface area is 116 Å². The molecule has 0 aliphatic rings. The van der Waals surface area contributed by atoms with Crippen LogP contribution in [0.1, 0.15) is 5.56 Å². The number of aromatic nitrogens is 3. The average molecular weight is 273 g/mol. The maximum Gasteiger partial charge on any atom is 0.145 e. The van der Waals surface area contributed by atoms with Crippen LogP contribution in [0.3, 0.4) is 0 Å². The Kier molecular flexibility index (Phi) is 3.09. The molecule has 0 spiro atoms. The molecule has 4 nitrogen and oxygen atoms in total. The lowest BCUT2D eigenvalue weighted by Gasteiger charge is -2.07. The van der Waals surface area contributed by atoms with Crippen LogP contribution in [0.5, 0.6) is 0 Å². The second-order valence-electron chi connectivity index (χ2n) is 4.37. The summed E-state index contributed by atoms with van der Waals surface area (Å²) in [6.45, 7) is 0.707. The third-order valence-corrected chi connectivity index (χ3v) is 3.29. The van der Waals surface area contributed by atoms with Crippen LogP contribution in [0.4, 0.5) is 5.82 Å². The predicted octanol–water partition coefficient (Wildman–Crippen LogP) is 3.23. The normalized spacial score (nSPS) is 10.8. The maximum absolute atomic E-state index is 5.87. The van der Waals surface area contributed by atoms with Gasteiger partial charge in [-0.25, -0.2) is 9.97 Å². The molecular formula is C14H13ClN4. The SMILES string of the molecule is Cn1ccc2c(NCc3ccc(Cl)cc3)ncnc21. The molecule has 2 aromatic heterocycles. The first-order valence-electron chi connectivity index (χ1n) is 5.98. The molecule has 5 heteroatoms. The Morgan fingerprint density at radius 2 is 1.95 bits per heavy atom. The standard InChI is InChI=1S/C14H13ClN4/c1-19-7-6-12-13(17-9-18-14(12)19)16-8-10-2-4-11(15)5-3-10/h2-7,9H,8H2,1H3,(H,16,17,18). The Hall–Kier alpha value is -2.07. The molecule has 0 aliphatic heterocycles. The minimum absolute atomic E-state index is 0.707. The maximum atomic E-state index is 5.87. The number of hydrogen-bond acceptors (Lipinski definition) is 3. The summed E-state index contributed by atoms with van der Waals surface area (Å²) in [4.78, 5) is 8.55. The average Bonchev–Trinajstić information content (AvgIpc) is 2.81. The van der Waals surface area contributed by atoms with Gasteiger partial charge in [-0.1, -0.05) is 23.7 Å². The lowest BCUT2D eigenvalue weighted by molar-refractivity contribution is 0.943. The van der Waals surface area contributed by atoms with Crippen LogP contribution in [0.2, 0.25) is 5.02 Å². The Morgan fingerprint density at radius 1 is 1.16 bits per heavy atom. The highest BCUT2D eigenvalue weighted by atomic mass is 35.5. The first kappa shape index (κ1) is 12.0. The van der Waals surface area contributed by atoms with Gasteiger partial charge in [-0.05, 0) is 23.8 Å². The van der Waals surface area contributed by atoms with Crippen LogP contribution >= 0.6 is 11.6 Å². The van der Waals surface area contributed by atoms with E-state index in [1.807, 2.05) is 48.1 Å². The summed E-state index contributed by atoms with van der Waals surface area (Å²) in [6, 6.07) is 9.78. The number of nitrogens with zero attached hydrogens (tertiary/aromatic N) is 3. The van der Waals surface area contributed by atoms with Crippen LogP contribution in [-0.2, 0) is 13.6 Å². The number of anilines is 1. The predicted molar refractivity (Wildman–Crippen MR) is 77.3 cm³/mol. The van der Waals surface area contributed by atoms with Crippen LogP contribution in [0.15, 0.2) is 42.9 Å². The van der Waals surface area contributed by atoms with E-state index in [0.717, 1.165) is 27.4 Å². The molecule has 0 atom stereocenters. The number of fused-ring (bicyclic) bond motifs is 1. The van der Waals surface area contributed by atoms with Gasteiger partial charge in [0.05, 0.1) is 5.39 Å². The smallest absolute Gasteiger partial charge is 0.145 e. The third-order valence-electron chi connectivity index (χ3n) is 3.03. The summed E-state index contributed by atoms with van der Waals surface area (Å²) < 4.78 is 1.98. The van der Waals surface area contributed by atoms with Crippen molar-refractivity contribution in [3.05, 3.63) is 53.4 Å². The van der Waals surface area contributed by atoms with Gasteiger partial charge in [-0.2, -0.15) is 0 Å². The van der Waals surface area contributed by atoms with E-state index >= 15 is 0 Å². The zero-order valence-electron chi connectivity index (χ0n) is 10.5. The van der Waals surface area contributed by atoms with Gasteiger partial charge in [0.2, 0.25) is 0 Å². The quantitative estimate of drug-likeness (QED) is 0.796. The summed E-state index contributed by atoms with van der Waals surface area (Å²) in [6.07, 6.45) is 3.55. The van der Waals surface area contributed by atoms with E-state index in [1.54, 1.807) is 6.33 Å². The molecule has 0 bridgehead atoms. The number of benzene rings is 1. The van der Waals surface area contributed by atoms with Gasteiger partial charge in [0.25, 0.3) is 0 Å². The molecule has 2 heterocycles. The van der Waals surface area contributed by atoms with E-state index in [1.165, 1.54) is 0 Å².